The van der Waals surface area contributed by atoms with Crippen LogP contribution in [0.15, 0.2) is 41.9 Å². The Labute approximate surface area is 161 Å². The number of unbranched alkanes of at least 4 members (excludes halogenated alkanes) is 2. The Morgan fingerprint density at radius 3 is 2.44 bits per heavy atom. The smallest absolute Gasteiger partial charge is 0.261 e. The van der Waals surface area contributed by atoms with Crippen LogP contribution < -0.4 is 5.32 Å². The summed E-state index contributed by atoms with van der Waals surface area (Å²) < 4.78 is 0. The van der Waals surface area contributed by atoms with Crippen molar-refractivity contribution >= 4 is 17.8 Å². The zero-order valence-corrected chi connectivity index (χ0v) is 16.4. The number of nitrogens with zero attached hydrogens (tertiary/aromatic N) is 3. The number of nitrogens with one attached hydrogen (secondary N) is 1. The molecule has 1 aromatic carbocycles. The first kappa shape index (κ1) is 20.7. The lowest BCUT2D eigenvalue weighted by Gasteiger charge is -2.21. The summed E-state index contributed by atoms with van der Waals surface area (Å²) in [6.07, 6.45) is 5.53. The van der Waals surface area contributed by atoms with Crippen molar-refractivity contribution in [3.05, 3.63) is 48.0 Å². The first-order valence-corrected chi connectivity index (χ1v) is 9.65. The highest BCUT2D eigenvalue weighted by atomic mass is 16.2. The van der Waals surface area contributed by atoms with Crippen molar-refractivity contribution in [1.29, 1.82) is 0 Å². The van der Waals surface area contributed by atoms with Gasteiger partial charge in [-0.05, 0) is 44.7 Å². The molecule has 146 valence electrons. The van der Waals surface area contributed by atoms with Crippen molar-refractivity contribution in [1.82, 2.24) is 15.1 Å². The lowest BCUT2D eigenvalue weighted by atomic mass is 10.1. The molecule has 1 aromatic rings. The molecule has 2 rings (SSSR count). The first-order valence-electron chi connectivity index (χ1n) is 9.65. The lowest BCUT2D eigenvalue weighted by Crippen LogP contribution is -2.39. The van der Waals surface area contributed by atoms with Gasteiger partial charge in [0.15, 0.2) is 5.96 Å². The quantitative estimate of drug-likeness (QED) is 0.226. The molecule has 0 unspecified atom stereocenters. The van der Waals surface area contributed by atoms with Crippen LogP contribution >= 0.6 is 0 Å². The van der Waals surface area contributed by atoms with Crippen LogP contribution in [0, 0.1) is 0 Å². The van der Waals surface area contributed by atoms with Crippen LogP contribution in [0.2, 0.25) is 0 Å². The van der Waals surface area contributed by atoms with E-state index < -0.39 is 0 Å². The van der Waals surface area contributed by atoms with Gasteiger partial charge in [-0.15, -0.1) is 6.58 Å². The number of carbonyl (C=O) groups is 2. The fraction of sp³-hybridized carbons (Fsp3) is 0.476. The number of carbonyl (C=O) groups excluding carboxylic acids is 2. The maximum atomic E-state index is 12.3. The van der Waals surface area contributed by atoms with Gasteiger partial charge in [0, 0.05) is 33.2 Å². The topological polar surface area (TPSA) is 65.0 Å². The number of fused-ring (bicyclic) bond motifs is 1. The minimum absolute atomic E-state index is 0.186. The number of benzene rings is 1. The fourth-order valence-corrected chi connectivity index (χ4v) is 3.06. The van der Waals surface area contributed by atoms with E-state index in [2.05, 4.69) is 28.7 Å². The number of allylic oxidation sites excluding steroid dienone is 1. The Kier molecular flexibility index (Phi) is 8.04. The molecule has 0 saturated heterocycles. The summed E-state index contributed by atoms with van der Waals surface area (Å²) in [6, 6.07) is 7.00. The molecule has 0 bridgehead atoms. The first-order chi connectivity index (χ1) is 13.1. The van der Waals surface area contributed by atoms with Gasteiger partial charge >= 0.3 is 0 Å². The molecular weight excluding hydrogens is 340 g/mol. The van der Waals surface area contributed by atoms with Crippen molar-refractivity contribution in [3.8, 4) is 0 Å². The maximum absolute atomic E-state index is 12.3. The highest BCUT2D eigenvalue weighted by molar-refractivity contribution is 6.21. The van der Waals surface area contributed by atoms with Gasteiger partial charge in [-0.2, -0.15) is 0 Å². The summed E-state index contributed by atoms with van der Waals surface area (Å²) in [6.45, 7) is 8.64. The number of hydrogen-bond acceptors (Lipinski definition) is 3. The van der Waals surface area contributed by atoms with Gasteiger partial charge in [0.05, 0.1) is 11.1 Å². The number of hydrogen-bond donors (Lipinski definition) is 1. The Morgan fingerprint density at radius 2 is 1.85 bits per heavy atom. The Morgan fingerprint density at radius 1 is 1.19 bits per heavy atom. The van der Waals surface area contributed by atoms with Crippen LogP contribution in [0.4, 0.5) is 0 Å². The molecule has 1 aliphatic heterocycles. The molecule has 2 amide bonds. The molecule has 27 heavy (non-hydrogen) atoms. The Balaban J connectivity index is 1.80. The van der Waals surface area contributed by atoms with E-state index in [0.29, 0.717) is 24.2 Å². The monoisotopic (exact) mass is 370 g/mol. The van der Waals surface area contributed by atoms with Crippen molar-refractivity contribution in [2.75, 3.05) is 33.2 Å². The minimum atomic E-state index is -0.186. The minimum Gasteiger partial charge on any atom is -0.357 e. The highest BCUT2D eigenvalue weighted by Gasteiger charge is 2.34. The van der Waals surface area contributed by atoms with Crippen molar-refractivity contribution < 1.29 is 9.59 Å². The Bertz CT molecular complexity index is 664. The molecular formula is C21H30N4O2. The normalized spacial score (nSPS) is 13.7. The zero-order valence-electron chi connectivity index (χ0n) is 16.4. The largest absolute Gasteiger partial charge is 0.357 e. The van der Waals surface area contributed by atoms with Gasteiger partial charge < -0.3 is 10.2 Å². The zero-order chi connectivity index (χ0) is 19.6. The number of aliphatic imine (C=N–C) groups is 1. The standard InChI is InChI=1S/C21H30N4O2/c1-4-6-10-15-24(3)21(22-5-2)23-14-9-11-16-25-19(26)17-12-7-8-13-18(17)20(25)27/h4,7-8,12-13H,1,5-6,9-11,14-16H2,2-3H3,(H,22,23). The van der Waals surface area contributed by atoms with E-state index in [9.17, 15) is 9.59 Å². The fourth-order valence-electron chi connectivity index (χ4n) is 3.06. The van der Waals surface area contributed by atoms with Crippen molar-refractivity contribution in [3.63, 3.8) is 0 Å². The summed E-state index contributed by atoms with van der Waals surface area (Å²) in [5.74, 6) is 0.520. The van der Waals surface area contributed by atoms with Crippen LogP contribution in [-0.4, -0.2) is 60.8 Å². The maximum Gasteiger partial charge on any atom is 0.261 e. The molecule has 6 nitrogen and oxygen atoms in total. The second kappa shape index (κ2) is 10.5. The van der Waals surface area contributed by atoms with Gasteiger partial charge in [-0.25, -0.2) is 0 Å². The van der Waals surface area contributed by atoms with Crippen LogP contribution in [0.1, 0.15) is 53.3 Å². The molecule has 1 aliphatic rings. The molecule has 1 N–H and O–H groups in total. The number of guanidine groups is 1. The molecule has 0 aromatic heterocycles. The highest BCUT2D eigenvalue weighted by Crippen LogP contribution is 2.22. The van der Waals surface area contributed by atoms with Gasteiger partial charge in [0.2, 0.25) is 0 Å². The number of rotatable bonds is 10. The molecule has 0 fully saturated rings. The summed E-state index contributed by atoms with van der Waals surface area (Å²) in [4.78, 5) is 32.8. The van der Waals surface area contributed by atoms with E-state index in [1.807, 2.05) is 13.1 Å². The second-order valence-electron chi connectivity index (χ2n) is 6.60. The van der Waals surface area contributed by atoms with E-state index in [-0.39, 0.29) is 11.8 Å². The van der Waals surface area contributed by atoms with Gasteiger partial charge in [0.1, 0.15) is 0 Å². The van der Waals surface area contributed by atoms with E-state index >= 15 is 0 Å². The van der Waals surface area contributed by atoms with E-state index in [0.717, 1.165) is 44.7 Å². The van der Waals surface area contributed by atoms with E-state index in [1.54, 1.807) is 24.3 Å². The van der Waals surface area contributed by atoms with Gasteiger partial charge in [-0.3, -0.25) is 19.5 Å². The lowest BCUT2D eigenvalue weighted by molar-refractivity contribution is 0.0652. The van der Waals surface area contributed by atoms with Crippen LogP contribution in [0.5, 0.6) is 0 Å². The Hall–Kier alpha value is -2.63. The summed E-state index contributed by atoms with van der Waals surface area (Å²) in [5.41, 5.74) is 1.02. The predicted octanol–water partition coefficient (Wildman–Crippen LogP) is 2.93. The average molecular weight is 370 g/mol. The van der Waals surface area contributed by atoms with Crippen molar-refractivity contribution in [2.45, 2.75) is 32.6 Å². The second-order valence-corrected chi connectivity index (χ2v) is 6.60. The molecule has 0 radical (unpaired) electrons. The average Bonchev–Trinajstić information content (AvgIpc) is 2.92. The third-order valence-corrected chi connectivity index (χ3v) is 4.53. The summed E-state index contributed by atoms with van der Waals surface area (Å²) in [5, 5.41) is 3.30. The van der Waals surface area contributed by atoms with Crippen LogP contribution in [0.25, 0.3) is 0 Å². The molecule has 0 saturated carbocycles. The van der Waals surface area contributed by atoms with Crippen LogP contribution in [0.3, 0.4) is 0 Å². The number of imide groups is 1. The van der Waals surface area contributed by atoms with E-state index in [1.165, 1.54) is 4.90 Å². The van der Waals surface area contributed by atoms with Crippen molar-refractivity contribution in [2.24, 2.45) is 4.99 Å². The van der Waals surface area contributed by atoms with Gasteiger partial charge in [-0.1, -0.05) is 18.2 Å². The molecule has 0 aliphatic carbocycles. The molecule has 0 atom stereocenters. The van der Waals surface area contributed by atoms with E-state index in [4.69, 9.17) is 0 Å². The predicted molar refractivity (Wildman–Crippen MR) is 109 cm³/mol. The number of amides is 2. The third kappa shape index (κ3) is 5.42. The van der Waals surface area contributed by atoms with Gasteiger partial charge in [0.25, 0.3) is 11.8 Å². The van der Waals surface area contributed by atoms with Crippen LogP contribution in [-0.2, 0) is 0 Å². The SMILES string of the molecule is C=CCCCN(C)C(=NCCCCN1C(=O)c2ccccc2C1=O)NCC. The summed E-state index contributed by atoms with van der Waals surface area (Å²) in [7, 11) is 2.03. The molecule has 0 spiro atoms. The molecule has 6 heteroatoms. The third-order valence-electron chi connectivity index (χ3n) is 4.53. The molecule has 1 heterocycles. The summed E-state index contributed by atoms with van der Waals surface area (Å²) >= 11 is 0.